The Morgan fingerprint density at radius 1 is 1.14 bits per heavy atom. The van der Waals surface area contributed by atoms with E-state index in [9.17, 15) is 0 Å². The summed E-state index contributed by atoms with van der Waals surface area (Å²) in [5.41, 5.74) is 0.328. The van der Waals surface area contributed by atoms with Gasteiger partial charge in [-0.25, -0.2) is 0 Å². The molecular formula is C20H39N. The monoisotopic (exact) mass is 293 g/mol. The zero-order valence-electron chi connectivity index (χ0n) is 15.7. The van der Waals surface area contributed by atoms with Crippen molar-refractivity contribution in [3.63, 3.8) is 0 Å². The minimum Gasteiger partial charge on any atom is -0.314 e. The van der Waals surface area contributed by atoms with Crippen molar-refractivity contribution in [2.45, 2.75) is 74.3 Å². The summed E-state index contributed by atoms with van der Waals surface area (Å²) in [6.45, 7) is 20.3. The maximum absolute atomic E-state index is 3.75. The fraction of sp³-hybridized carbons (Fsp3) is 0.900. The van der Waals surface area contributed by atoms with Gasteiger partial charge in [0.1, 0.15) is 0 Å². The number of allylic oxidation sites excluding steroid dienone is 2. The molecule has 0 spiro atoms. The summed E-state index contributed by atoms with van der Waals surface area (Å²) in [6.07, 6.45) is 7.55. The van der Waals surface area contributed by atoms with E-state index >= 15 is 0 Å². The van der Waals surface area contributed by atoms with Crippen molar-refractivity contribution < 1.29 is 0 Å². The highest BCUT2D eigenvalue weighted by Gasteiger charge is 2.49. The van der Waals surface area contributed by atoms with Crippen LogP contribution in [-0.4, -0.2) is 12.6 Å². The van der Waals surface area contributed by atoms with Crippen LogP contribution >= 0.6 is 0 Å². The first-order valence-corrected chi connectivity index (χ1v) is 9.23. The van der Waals surface area contributed by atoms with Crippen LogP contribution in [0.25, 0.3) is 0 Å². The van der Waals surface area contributed by atoms with Crippen LogP contribution in [-0.2, 0) is 0 Å². The minimum absolute atomic E-state index is 0.328. The lowest BCUT2D eigenvalue weighted by atomic mass is 9.51. The fourth-order valence-electron chi connectivity index (χ4n) is 5.32. The number of nitrogens with one attached hydrogen (secondary N) is 1. The molecular weight excluding hydrogens is 254 g/mol. The van der Waals surface area contributed by atoms with Crippen molar-refractivity contribution in [2.75, 3.05) is 6.54 Å². The predicted molar refractivity (Wildman–Crippen MR) is 95.4 cm³/mol. The highest BCUT2D eigenvalue weighted by molar-refractivity contribution is 5.14. The average molecular weight is 294 g/mol. The molecule has 1 nitrogen and oxygen atoms in total. The summed E-state index contributed by atoms with van der Waals surface area (Å²) in [4.78, 5) is 0. The zero-order valence-corrected chi connectivity index (χ0v) is 15.7. The standard InChI is InChI=1S/C20H39N/c1-9-18(21-10-2)17(8)20(15(5)6)13-11-12-16(7)19(20)14(3)4/h11,13-19,21H,9-10,12H2,1-8H3. The first kappa shape index (κ1) is 18.7. The van der Waals surface area contributed by atoms with Crippen LogP contribution in [0.3, 0.4) is 0 Å². The van der Waals surface area contributed by atoms with Crippen molar-refractivity contribution in [1.82, 2.24) is 5.32 Å². The first-order valence-electron chi connectivity index (χ1n) is 9.23. The zero-order chi connectivity index (χ0) is 16.2. The molecule has 0 bridgehead atoms. The van der Waals surface area contributed by atoms with Gasteiger partial charge in [-0.3, -0.25) is 0 Å². The molecule has 1 heteroatoms. The highest BCUT2D eigenvalue weighted by Crippen LogP contribution is 2.54. The van der Waals surface area contributed by atoms with Gasteiger partial charge in [-0.15, -0.1) is 0 Å². The Labute approximate surface area is 134 Å². The van der Waals surface area contributed by atoms with Crippen molar-refractivity contribution in [3.05, 3.63) is 12.2 Å². The summed E-state index contributed by atoms with van der Waals surface area (Å²) in [6, 6.07) is 0.619. The molecule has 1 aliphatic rings. The van der Waals surface area contributed by atoms with Crippen molar-refractivity contribution >= 4 is 0 Å². The lowest BCUT2D eigenvalue weighted by Crippen LogP contribution is -2.53. The molecule has 1 N–H and O–H groups in total. The third-order valence-electron chi connectivity index (χ3n) is 6.12. The molecule has 0 radical (unpaired) electrons. The third kappa shape index (κ3) is 3.55. The molecule has 5 unspecified atom stereocenters. The Morgan fingerprint density at radius 3 is 2.19 bits per heavy atom. The van der Waals surface area contributed by atoms with Crippen LogP contribution in [0.5, 0.6) is 0 Å². The molecule has 1 rings (SSSR count). The summed E-state index contributed by atoms with van der Waals surface area (Å²) < 4.78 is 0. The van der Waals surface area contributed by atoms with E-state index in [1.54, 1.807) is 0 Å². The molecule has 0 aromatic heterocycles. The normalized spacial score (nSPS) is 32.7. The van der Waals surface area contributed by atoms with Gasteiger partial charge >= 0.3 is 0 Å². The van der Waals surface area contributed by atoms with Gasteiger partial charge in [-0.05, 0) is 54.4 Å². The van der Waals surface area contributed by atoms with E-state index in [2.05, 4.69) is 72.9 Å². The van der Waals surface area contributed by atoms with Crippen molar-refractivity contribution in [3.8, 4) is 0 Å². The van der Waals surface area contributed by atoms with E-state index in [0.717, 1.165) is 24.3 Å². The second-order valence-corrected chi connectivity index (χ2v) is 7.90. The Balaban J connectivity index is 3.27. The molecule has 5 atom stereocenters. The van der Waals surface area contributed by atoms with Crippen molar-refractivity contribution in [2.24, 2.45) is 35.0 Å². The van der Waals surface area contributed by atoms with Crippen LogP contribution in [0.15, 0.2) is 12.2 Å². The Morgan fingerprint density at radius 2 is 1.76 bits per heavy atom. The first-order chi connectivity index (χ1) is 9.82. The lowest BCUT2D eigenvalue weighted by molar-refractivity contribution is -0.00946. The Bertz CT molecular complexity index is 331. The molecule has 124 valence electrons. The van der Waals surface area contributed by atoms with E-state index < -0.39 is 0 Å². The van der Waals surface area contributed by atoms with Gasteiger partial charge in [0.25, 0.3) is 0 Å². The van der Waals surface area contributed by atoms with Gasteiger partial charge < -0.3 is 5.32 Å². The molecule has 0 aromatic carbocycles. The van der Waals surface area contributed by atoms with Gasteiger partial charge in [0, 0.05) is 6.04 Å². The molecule has 0 aromatic rings. The maximum Gasteiger partial charge on any atom is 0.00984 e. The summed E-state index contributed by atoms with van der Waals surface area (Å²) in [7, 11) is 0. The topological polar surface area (TPSA) is 12.0 Å². The van der Waals surface area contributed by atoms with Crippen LogP contribution < -0.4 is 5.32 Å². The molecule has 0 aliphatic heterocycles. The van der Waals surface area contributed by atoms with E-state index in [1.807, 2.05) is 0 Å². The van der Waals surface area contributed by atoms with Gasteiger partial charge in [0.05, 0.1) is 0 Å². The summed E-state index contributed by atoms with van der Waals surface area (Å²) in [5.74, 6) is 3.68. The van der Waals surface area contributed by atoms with E-state index in [4.69, 9.17) is 0 Å². The third-order valence-corrected chi connectivity index (χ3v) is 6.12. The van der Waals surface area contributed by atoms with Gasteiger partial charge in [-0.1, -0.05) is 67.5 Å². The molecule has 1 aliphatic carbocycles. The minimum atomic E-state index is 0.328. The second-order valence-electron chi connectivity index (χ2n) is 7.90. The molecule has 0 fully saturated rings. The largest absolute Gasteiger partial charge is 0.314 e. The number of hydrogen-bond donors (Lipinski definition) is 1. The molecule has 21 heavy (non-hydrogen) atoms. The Kier molecular flexibility index (Phi) is 6.97. The van der Waals surface area contributed by atoms with E-state index in [0.29, 0.717) is 23.3 Å². The maximum atomic E-state index is 3.75. The smallest absolute Gasteiger partial charge is 0.00984 e. The van der Waals surface area contributed by atoms with E-state index in [-0.39, 0.29) is 0 Å². The molecule has 0 saturated carbocycles. The van der Waals surface area contributed by atoms with Gasteiger partial charge in [0.15, 0.2) is 0 Å². The fourth-order valence-corrected chi connectivity index (χ4v) is 5.32. The van der Waals surface area contributed by atoms with Crippen LogP contribution in [0.1, 0.15) is 68.2 Å². The SMILES string of the molecule is CCNC(CC)C(C)C1(C(C)C)C=CCC(C)C1C(C)C. The van der Waals surface area contributed by atoms with Crippen LogP contribution in [0.2, 0.25) is 0 Å². The van der Waals surface area contributed by atoms with Gasteiger partial charge in [-0.2, -0.15) is 0 Å². The summed E-state index contributed by atoms with van der Waals surface area (Å²) in [5, 5.41) is 3.75. The molecule has 0 saturated heterocycles. The number of hydrogen-bond acceptors (Lipinski definition) is 1. The predicted octanol–water partition coefficient (Wildman–Crippen LogP) is 5.52. The summed E-state index contributed by atoms with van der Waals surface area (Å²) >= 11 is 0. The van der Waals surface area contributed by atoms with Crippen LogP contribution in [0.4, 0.5) is 0 Å². The lowest BCUT2D eigenvalue weighted by Gasteiger charge is -2.54. The highest BCUT2D eigenvalue weighted by atomic mass is 14.9. The second kappa shape index (κ2) is 7.81. The quantitative estimate of drug-likeness (QED) is 0.609. The van der Waals surface area contributed by atoms with Crippen LogP contribution in [0, 0.1) is 35.0 Å². The number of rotatable bonds is 7. The molecule has 0 heterocycles. The average Bonchev–Trinajstić information content (AvgIpc) is 2.42. The van der Waals surface area contributed by atoms with Gasteiger partial charge in [0.2, 0.25) is 0 Å². The van der Waals surface area contributed by atoms with E-state index in [1.165, 1.54) is 12.8 Å². The van der Waals surface area contributed by atoms with Crippen molar-refractivity contribution in [1.29, 1.82) is 0 Å². The molecule has 0 amide bonds. The Hall–Kier alpha value is -0.300.